The van der Waals surface area contributed by atoms with Crippen molar-refractivity contribution in [3.8, 4) is 0 Å². The first-order valence-corrected chi connectivity index (χ1v) is 8.80. The minimum atomic E-state index is -0.467. The second kappa shape index (κ2) is 6.21. The zero-order valence-corrected chi connectivity index (χ0v) is 13.8. The molecule has 1 aromatic heterocycles. The summed E-state index contributed by atoms with van der Waals surface area (Å²) in [4.78, 5) is 16.1. The average Bonchev–Trinajstić information content (AvgIpc) is 3.10. The van der Waals surface area contributed by atoms with E-state index in [9.17, 15) is 9.18 Å². The van der Waals surface area contributed by atoms with Gasteiger partial charge in [-0.1, -0.05) is 42.5 Å². The molecule has 2 heterocycles. The number of rotatable bonds is 2. The van der Waals surface area contributed by atoms with Crippen molar-refractivity contribution in [3.05, 3.63) is 93.4 Å². The molecule has 1 atom stereocenters. The molecule has 0 fully saturated rings. The molecule has 4 heteroatoms. The number of amides is 1. The molecular weight excluding hydrogens is 321 g/mol. The SMILES string of the molecule is O=C(c1ccccc1F)N1CCc2sccc2C1c1ccccc1. The Morgan fingerprint density at radius 2 is 1.79 bits per heavy atom. The summed E-state index contributed by atoms with van der Waals surface area (Å²) in [5, 5.41) is 2.07. The van der Waals surface area contributed by atoms with Crippen LogP contribution in [0.5, 0.6) is 0 Å². The summed E-state index contributed by atoms with van der Waals surface area (Å²) in [6.07, 6.45) is 0.816. The van der Waals surface area contributed by atoms with E-state index in [0.29, 0.717) is 6.54 Å². The highest BCUT2D eigenvalue weighted by molar-refractivity contribution is 7.10. The first-order valence-electron chi connectivity index (χ1n) is 7.92. The van der Waals surface area contributed by atoms with Crippen LogP contribution in [0.4, 0.5) is 4.39 Å². The van der Waals surface area contributed by atoms with E-state index >= 15 is 0 Å². The smallest absolute Gasteiger partial charge is 0.257 e. The fourth-order valence-electron chi connectivity index (χ4n) is 3.32. The van der Waals surface area contributed by atoms with E-state index in [1.807, 2.05) is 30.3 Å². The maximum atomic E-state index is 14.1. The van der Waals surface area contributed by atoms with E-state index in [0.717, 1.165) is 17.5 Å². The summed E-state index contributed by atoms with van der Waals surface area (Å²) in [6.45, 7) is 0.597. The van der Waals surface area contributed by atoms with Gasteiger partial charge in [0, 0.05) is 11.4 Å². The first-order chi connectivity index (χ1) is 11.8. The molecule has 2 aromatic carbocycles. The van der Waals surface area contributed by atoms with E-state index in [4.69, 9.17) is 0 Å². The Balaban J connectivity index is 1.80. The topological polar surface area (TPSA) is 20.3 Å². The standard InChI is InChI=1S/C20H16FNOS/c21-17-9-5-4-8-15(17)20(23)22-12-10-18-16(11-13-24-18)19(22)14-6-2-1-3-7-14/h1-9,11,13,19H,10,12H2. The molecular formula is C20H16FNOS. The quantitative estimate of drug-likeness (QED) is 0.665. The van der Waals surface area contributed by atoms with Gasteiger partial charge in [0.2, 0.25) is 0 Å². The molecule has 120 valence electrons. The maximum absolute atomic E-state index is 14.1. The third kappa shape index (κ3) is 2.53. The van der Waals surface area contributed by atoms with Crippen molar-refractivity contribution in [3.63, 3.8) is 0 Å². The number of hydrogen-bond donors (Lipinski definition) is 0. The lowest BCUT2D eigenvalue weighted by atomic mass is 9.92. The fraction of sp³-hybridized carbons (Fsp3) is 0.150. The minimum Gasteiger partial charge on any atom is -0.327 e. The van der Waals surface area contributed by atoms with Gasteiger partial charge in [-0.25, -0.2) is 4.39 Å². The number of fused-ring (bicyclic) bond motifs is 1. The summed E-state index contributed by atoms with van der Waals surface area (Å²) in [5.41, 5.74) is 2.35. The van der Waals surface area contributed by atoms with Gasteiger partial charge in [0.05, 0.1) is 11.6 Å². The lowest BCUT2D eigenvalue weighted by Crippen LogP contribution is -2.40. The largest absolute Gasteiger partial charge is 0.327 e. The molecule has 0 radical (unpaired) electrons. The van der Waals surface area contributed by atoms with Gasteiger partial charge >= 0.3 is 0 Å². The lowest BCUT2D eigenvalue weighted by molar-refractivity contribution is 0.0691. The minimum absolute atomic E-state index is 0.136. The summed E-state index contributed by atoms with van der Waals surface area (Å²) in [6, 6.07) is 18.1. The number of nitrogens with zero attached hydrogens (tertiary/aromatic N) is 1. The van der Waals surface area contributed by atoms with Gasteiger partial charge in [0.15, 0.2) is 0 Å². The van der Waals surface area contributed by atoms with Crippen LogP contribution in [0.1, 0.15) is 32.4 Å². The zero-order chi connectivity index (χ0) is 16.5. The Bertz CT molecular complexity index is 874. The summed E-state index contributed by atoms with van der Waals surface area (Å²) < 4.78 is 14.1. The number of benzene rings is 2. The van der Waals surface area contributed by atoms with Crippen LogP contribution >= 0.6 is 11.3 Å². The van der Waals surface area contributed by atoms with Crippen LogP contribution in [0.2, 0.25) is 0 Å². The second-order valence-corrected chi connectivity index (χ2v) is 6.84. The van der Waals surface area contributed by atoms with Crippen molar-refractivity contribution in [1.82, 2.24) is 4.90 Å². The van der Waals surface area contributed by atoms with E-state index in [2.05, 4.69) is 11.4 Å². The van der Waals surface area contributed by atoms with Crippen LogP contribution < -0.4 is 0 Å². The maximum Gasteiger partial charge on any atom is 0.257 e. The van der Waals surface area contributed by atoms with Crippen molar-refractivity contribution in [1.29, 1.82) is 0 Å². The van der Waals surface area contributed by atoms with Gasteiger partial charge < -0.3 is 4.90 Å². The van der Waals surface area contributed by atoms with E-state index < -0.39 is 5.82 Å². The van der Waals surface area contributed by atoms with Gasteiger partial charge in [0.25, 0.3) is 5.91 Å². The average molecular weight is 337 g/mol. The van der Waals surface area contributed by atoms with Crippen LogP contribution in [0.25, 0.3) is 0 Å². The first kappa shape index (κ1) is 15.1. The Hall–Kier alpha value is -2.46. The third-order valence-electron chi connectivity index (χ3n) is 4.45. The summed E-state index contributed by atoms with van der Waals surface area (Å²) in [5.74, 6) is -0.718. The monoisotopic (exact) mass is 337 g/mol. The predicted octanol–water partition coefficient (Wildman–Crippen LogP) is 4.68. The van der Waals surface area contributed by atoms with Crippen LogP contribution in [-0.2, 0) is 6.42 Å². The van der Waals surface area contributed by atoms with E-state index in [-0.39, 0.29) is 17.5 Å². The summed E-state index contributed by atoms with van der Waals surface area (Å²) >= 11 is 1.72. The Morgan fingerprint density at radius 1 is 1.04 bits per heavy atom. The molecule has 0 aliphatic carbocycles. The molecule has 0 spiro atoms. The second-order valence-electron chi connectivity index (χ2n) is 5.84. The van der Waals surface area contributed by atoms with Gasteiger partial charge in [-0.05, 0) is 41.1 Å². The van der Waals surface area contributed by atoms with Crippen LogP contribution in [0.15, 0.2) is 66.0 Å². The van der Waals surface area contributed by atoms with Crippen molar-refractivity contribution in [2.75, 3.05) is 6.54 Å². The normalized spacial score (nSPS) is 16.7. The van der Waals surface area contributed by atoms with Gasteiger partial charge in [0.1, 0.15) is 5.82 Å². The van der Waals surface area contributed by atoms with Crippen molar-refractivity contribution >= 4 is 17.2 Å². The molecule has 0 bridgehead atoms. The molecule has 1 aliphatic heterocycles. The fourth-order valence-corrected chi connectivity index (χ4v) is 4.22. The molecule has 4 rings (SSSR count). The Labute approximate surface area is 144 Å². The van der Waals surface area contributed by atoms with Gasteiger partial charge in [-0.15, -0.1) is 11.3 Å². The highest BCUT2D eigenvalue weighted by atomic mass is 32.1. The Morgan fingerprint density at radius 3 is 2.58 bits per heavy atom. The highest BCUT2D eigenvalue weighted by Gasteiger charge is 2.33. The van der Waals surface area contributed by atoms with Crippen LogP contribution in [-0.4, -0.2) is 17.4 Å². The third-order valence-corrected chi connectivity index (χ3v) is 5.44. The molecule has 2 nitrogen and oxygen atoms in total. The van der Waals surface area contributed by atoms with Gasteiger partial charge in [-0.2, -0.15) is 0 Å². The Kier molecular flexibility index (Phi) is 3.90. The number of thiophene rings is 1. The van der Waals surface area contributed by atoms with Gasteiger partial charge in [-0.3, -0.25) is 4.79 Å². The van der Waals surface area contributed by atoms with Crippen molar-refractivity contribution in [2.45, 2.75) is 12.5 Å². The van der Waals surface area contributed by atoms with Crippen LogP contribution in [0.3, 0.4) is 0 Å². The molecule has 1 aliphatic rings. The zero-order valence-electron chi connectivity index (χ0n) is 13.0. The molecule has 24 heavy (non-hydrogen) atoms. The molecule has 1 unspecified atom stereocenters. The number of halogens is 1. The van der Waals surface area contributed by atoms with Crippen LogP contribution in [0, 0.1) is 5.82 Å². The number of hydrogen-bond acceptors (Lipinski definition) is 2. The van der Waals surface area contributed by atoms with Crippen molar-refractivity contribution < 1.29 is 9.18 Å². The number of carbonyl (C=O) groups excluding carboxylic acids is 1. The molecule has 0 N–H and O–H groups in total. The molecule has 3 aromatic rings. The van der Waals surface area contributed by atoms with E-state index in [1.54, 1.807) is 34.4 Å². The van der Waals surface area contributed by atoms with E-state index in [1.165, 1.54) is 10.9 Å². The predicted molar refractivity (Wildman–Crippen MR) is 93.7 cm³/mol. The number of carbonyl (C=O) groups is 1. The summed E-state index contributed by atoms with van der Waals surface area (Å²) in [7, 11) is 0. The lowest BCUT2D eigenvalue weighted by Gasteiger charge is -2.36. The highest BCUT2D eigenvalue weighted by Crippen LogP contribution is 2.38. The molecule has 1 amide bonds. The molecule has 0 saturated carbocycles. The van der Waals surface area contributed by atoms with Crippen molar-refractivity contribution in [2.24, 2.45) is 0 Å². The molecule has 0 saturated heterocycles.